The third kappa shape index (κ3) is 5.11. The van der Waals surface area contributed by atoms with Crippen LogP contribution in [0.3, 0.4) is 0 Å². The summed E-state index contributed by atoms with van der Waals surface area (Å²) in [6.45, 7) is 6.60. The van der Waals surface area contributed by atoms with Gasteiger partial charge in [0.25, 0.3) is 5.09 Å². The van der Waals surface area contributed by atoms with Gasteiger partial charge in [0.2, 0.25) is 0 Å². The molecule has 0 radical (unpaired) electrons. The van der Waals surface area contributed by atoms with E-state index in [1.54, 1.807) is 0 Å². The Kier molecular flexibility index (Phi) is 6.50. The maximum atomic E-state index is 10.8. The lowest BCUT2D eigenvalue weighted by atomic mass is 9.67. The van der Waals surface area contributed by atoms with Crippen molar-refractivity contribution in [2.45, 2.75) is 70.8 Å². The number of aromatic hydroxyl groups is 1. The highest BCUT2D eigenvalue weighted by Crippen LogP contribution is 2.54. The van der Waals surface area contributed by atoms with Crippen molar-refractivity contribution >= 4 is 0 Å². The first-order valence-electron chi connectivity index (χ1n) is 10.4. The van der Waals surface area contributed by atoms with Gasteiger partial charge in [0, 0.05) is 17.4 Å². The van der Waals surface area contributed by atoms with Gasteiger partial charge < -0.3 is 14.7 Å². The number of benzene rings is 1. The fraction of sp³-hybridized carbons (Fsp3) is 0.565. The van der Waals surface area contributed by atoms with Crippen molar-refractivity contribution in [2.75, 3.05) is 6.61 Å². The van der Waals surface area contributed by atoms with Crippen LogP contribution in [0.4, 0.5) is 0 Å². The number of allylic oxidation sites excluding steroid dienone is 4. The largest absolute Gasteiger partial charge is 0.508 e. The topological polar surface area (TPSA) is 81.8 Å². The van der Waals surface area contributed by atoms with Crippen molar-refractivity contribution < 1.29 is 19.8 Å². The van der Waals surface area contributed by atoms with E-state index in [-0.39, 0.29) is 12.2 Å². The number of nitrogens with zero attached hydrogens (tertiary/aromatic N) is 1. The zero-order valence-electron chi connectivity index (χ0n) is 17.5. The number of hydrogen-bond acceptors (Lipinski definition) is 5. The second kappa shape index (κ2) is 8.89. The molecule has 1 aromatic rings. The van der Waals surface area contributed by atoms with Gasteiger partial charge in [-0.2, -0.15) is 0 Å². The minimum Gasteiger partial charge on any atom is -0.508 e. The fourth-order valence-corrected chi connectivity index (χ4v) is 4.58. The molecule has 2 atom stereocenters. The molecule has 6 nitrogen and oxygen atoms in total. The summed E-state index contributed by atoms with van der Waals surface area (Å²) in [6, 6.07) is 3.93. The molecule has 0 spiro atoms. The highest BCUT2D eigenvalue weighted by Gasteiger charge is 2.45. The first-order chi connectivity index (χ1) is 13.8. The minimum absolute atomic E-state index is 0.142. The van der Waals surface area contributed by atoms with Crippen LogP contribution < -0.4 is 4.74 Å². The van der Waals surface area contributed by atoms with Gasteiger partial charge in [-0.3, -0.25) is 0 Å². The molecule has 3 rings (SSSR count). The first-order valence-corrected chi connectivity index (χ1v) is 10.4. The molecule has 0 bridgehead atoms. The van der Waals surface area contributed by atoms with Gasteiger partial charge in [0.15, 0.2) is 0 Å². The zero-order valence-corrected chi connectivity index (χ0v) is 17.5. The van der Waals surface area contributed by atoms with Crippen LogP contribution in [0.15, 0.2) is 35.9 Å². The summed E-state index contributed by atoms with van der Waals surface area (Å²) in [4.78, 5) is 14.4. The van der Waals surface area contributed by atoms with E-state index in [0.717, 1.165) is 42.6 Å². The lowest BCUT2D eigenvalue weighted by Gasteiger charge is -2.47. The van der Waals surface area contributed by atoms with Crippen molar-refractivity contribution in [3.05, 3.63) is 57.2 Å². The quantitative estimate of drug-likeness (QED) is 0.270. The Balaban J connectivity index is 1.64. The predicted octanol–water partition coefficient (Wildman–Crippen LogP) is 5.48. The van der Waals surface area contributed by atoms with Crippen molar-refractivity contribution in [3.8, 4) is 11.5 Å². The normalized spacial score (nSPS) is 22.4. The van der Waals surface area contributed by atoms with E-state index in [4.69, 9.17) is 4.74 Å². The van der Waals surface area contributed by atoms with Crippen LogP contribution in [0.1, 0.15) is 69.9 Å². The maximum Gasteiger partial charge on any atom is 0.294 e. The van der Waals surface area contributed by atoms with Crippen LogP contribution in [0.2, 0.25) is 0 Å². The number of phenolic OH excluding ortho intramolecular Hbond substituents is 1. The van der Waals surface area contributed by atoms with Crippen molar-refractivity contribution in [1.29, 1.82) is 0 Å². The number of unbranched alkanes of at least 4 members (excludes halogenated alkanes) is 2. The van der Waals surface area contributed by atoms with E-state index in [0.29, 0.717) is 30.4 Å². The maximum absolute atomic E-state index is 10.8. The van der Waals surface area contributed by atoms with Crippen LogP contribution in [0.25, 0.3) is 0 Å². The Hall–Kier alpha value is -2.50. The predicted molar refractivity (Wildman–Crippen MR) is 112 cm³/mol. The van der Waals surface area contributed by atoms with Gasteiger partial charge in [-0.1, -0.05) is 23.8 Å². The van der Waals surface area contributed by atoms with Gasteiger partial charge in [-0.05, 0) is 77.0 Å². The summed E-state index contributed by atoms with van der Waals surface area (Å²) in [6.07, 6.45) is 11.4. The molecule has 1 aromatic carbocycles. The Morgan fingerprint density at radius 1 is 1.34 bits per heavy atom. The highest BCUT2D eigenvalue weighted by molar-refractivity contribution is 5.53. The molecular formula is C23H31NO5. The molecule has 1 N–H and O–H groups in total. The van der Waals surface area contributed by atoms with Crippen molar-refractivity contribution in [2.24, 2.45) is 5.92 Å². The average molecular weight is 402 g/mol. The van der Waals surface area contributed by atoms with E-state index in [2.05, 4.69) is 49.9 Å². The number of fused-ring (bicyclic) bond motifs is 3. The standard InChI is InChI=1S/C23H31NO5/c1-16-10-11-19-18(13-16)22-20(25)14-17(15-21(22)29-23(19,2)3)9-7-5-4-6-8-12-28-24(26)27/h5,7,10,14-15,18-19,25H,4,6,8-9,11-13H2,1-3H3/t18-,19-/m1/s1. The fourth-order valence-electron chi connectivity index (χ4n) is 4.58. The number of rotatable bonds is 8. The Labute approximate surface area is 172 Å². The number of phenols is 1. The van der Waals surface area contributed by atoms with E-state index in [1.807, 2.05) is 6.07 Å². The van der Waals surface area contributed by atoms with E-state index < -0.39 is 5.09 Å². The number of ether oxygens (including phenoxy) is 1. The molecule has 2 aliphatic rings. The Morgan fingerprint density at radius 2 is 2.14 bits per heavy atom. The highest BCUT2D eigenvalue weighted by atomic mass is 16.9. The second-order valence-electron chi connectivity index (χ2n) is 8.66. The average Bonchev–Trinajstić information content (AvgIpc) is 2.62. The summed E-state index contributed by atoms with van der Waals surface area (Å²) >= 11 is 0. The Bertz CT molecular complexity index is 812. The molecule has 6 heteroatoms. The summed E-state index contributed by atoms with van der Waals surface area (Å²) in [5.74, 6) is 1.81. The molecule has 0 fully saturated rings. The van der Waals surface area contributed by atoms with Gasteiger partial charge in [0.1, 0.15) is 17.1 Å². The van der Waals surface area contributed by atoms with E-state index >= 15 is 0 Å². The lowest BCUT2D eigenvalue weighted by molar-refractivity contribution is -0.757. The molecule has 1 aliphatic carbocycles. The van der Waals surface area contributed by atoms with Crippen LogP contribution in [-0.4, -0.2) is 22.4 Å². The summed E-state index contributed by atoms with van der Waals surface area (Å²) in [5, 5.41) is 20.1. The molecule has 29 heavy (non-hydrogen) atoms. The molecule has 1 aliphatic heterocycles. The first kappa shape index (κ1) is 21.2. The lowest BCUT2D eigenvalue weighted by Crippen LogP contribution is -2.45. The minimum atomic E-state index is -0.755. The number of hydrogen-bond donors (Lipinski definition) is 1. The molecule has 0 saturated carbocycles. The monoisotopic (exact) mass is 401 g/mol. The molecule has 0 saturated heterocycles. The molecule has 0 amide bonds. The SMILES string of the molecule is CC1=CC[C@@H]2[C@@H](C1)c1c(O)cc(CC=CCCCCO[N+](=O)[O-])cc1OC2(C)C. The smallest absolute Gasteiger partial charge is 0.294 e. The van der Waals surface area contributed by atoms with Gasteiger partial charge in [-0.15, -0.1) is 10.1 Å². The van der Waals surface area contributed by atoms with Crippen molar-refractivity contribution in [1.82, 2.24) is 0 Å². The van der Waals surface area contributed by atoms with Crippen LogP contribution in [0.5, 0.6) is 11.5 Å². The molecule has 0 unspecified atom stereocenters. The van der Waals surface area contributed by atoms with Gasteiger partial charge in [0.05, 0.1) is 6.61 Å². The van der Waals surface area contributed by atoms with Crippen LogP contribution >= 0.6 is 0 Å². The third-order valence-electron chi connectivity index (χ3n) is 6.05. The van der Waals surface area contributed by atoms with Gasteiger partial charge >= 0.3 is 0 Å². The zero-order chi connectivity index (χ0) is 21.0. The van der Waals surface area contributed by atoms with Crippen LogP contribution in [-0.2, 0) is 11.3 Å². The summed E-state index contributed by atoms with van der Waals surface area (Å²) < 4.78 is 6.35. The molecular weight excluding hydrogens is 370 g/mol. The third-order valence-corrected chi connectivity index (χ3v) is 6.05. The van der Waals surface area contributed by atoms with Crippen molar-refractivity contribution in [3.63, 3.8) is 0 Å². The molecule has 1 heterocycles. The van der Waals surface area contributed by atoms with Crippen LogP contribution in [0, 0.1) is 16.0 Å². The molecule has 0 aromatic heterocycles. The van der Waals surface area contributed by atoms with E-state index in [1.165, 1.54) is 5.57 Å². The molecule has 158 valence electrons. The summed E-state index contributed by atoms with van der Waals surface area (Å²) in [7, 11) is 0. The Morgan fingerprint density at radius 3 is 2.90 bits per heavy atom. The second-order valence-corrected chi connectivity index (χ2v) is 8.66. The van der Waals surface area contributed by atoms with E-state index in [9.17, 15) is 15.2 Å². The summed E-state index contributed by atoms with van der Waals surface area (Å²) in [5.41, 5.74) is 3.10. The van der Waals surface area contributed by atoms with Gasteiger partial charge in [-0.25, -0.2) is 0 Å².